The van der Waals surface area contributed by atoms with Crippen LogP contribution in [0.1, 0.15) is 51.9 Å². The molecule has 3 aliphatic rings. The molecule has 5 atom stereocenters. The second-order valence-corrected chi connectivity index (χ2v) is 6.77. The molecule has 2 heterocycles. The number of ether oxygens (including phenoxy) is 1. The monoisotopic (exact) mass is 266 g/mol. The van der Waals surface area contributed by atoms with E-state index < -0.39 is 0 Å². The summed E-state index contributed by atoms with van der Waals surface area (Å²) in [6.45, 7) is 5.51. The molecule has 3 heteroatoms. The fraction of sp³-hybridized carbons (Fsp3) is 1.00. The van der Waals surface area contributed by atoms with Crippen molar-refractivity contribution in [2.75, 3.05) is 19.7 Å². The Bertz CT molecular complexity index is 270. The maximum atomic E-state index is 5.76. The van der Waals surface area contributed by atoms with Crippen molar-refractivity contribution < 1.29 is 4.74 Å². The van der Waals surface area contributed by atoms with Crippen molar-refractivity contribution in [1.82, 2.24) is 10.6 Å². The van der Waals surface area contributed by atoms with Crippen molar-refractivity contribution in [2.45, 2.75) is 70.1 Å². The quantitative estimate of drug-likeness (QED) is 0.801. The molecule has 0 aromatic carbocycles. The lowest BCUT2D eigenvalue weighted by Crippen LogP contribution is -2.40. The van der Waals surface area contributed by atoms with E-state index in [9.17, 15) is 0 Å². The van der Waals surface area contributed by atoms with Crippen LogP contribution < -0.4 is 10.6 Å². The Morgan fingerprint density at radius 2 is 2.05 bits per heavy atom. The Labute approximate surface area is 117 Å². The molecule has 2 aliphatic heterocycles. The van der Waals surface area contributed by atoms with Crippen LogP contribution in [-0.2, 0) is 4.74 Å². The van der Waals surface area contributed by atoms with Gasteiger partial charge in [-0.2, -0.15) is 0 Å². The van der Waals surface area contributed by atoms with Crippen LogP contribution in [0.25, 0.3) is 0 Å². The first-order valence-electron chi connectivity index (χ1n) is 8.45. The van der Waals surface area contributed by atoms with Crippen LogP contribution >= 0.6 is 0 Å². The third kappa shape index (κ3) is 3.32. The van der Waals surface area contributed by atoms with E-state index in [0.29, 0.717) is 6.10 Å². The minimum Gasteiger partial charge on any atom is -0.378 e. The number of fused-ring (bicyclic) bond motifs is 1. The minimum atomic E-state index is 0.506. The third-order valence-corrected chi connectivity index (χ3v) is 5.49. The summed E-state index contributed by atoms with van der Waals surface area (Å²) in [4.78, 5) is 0. The van der Waals surface area contributed by atoms with E-state index in [0.717, 1.165) is 50.0 Å². The summed E-state index contributed by atoms with van der Waals surface area (Å²) in [6, 6.07) is 1.55. The molecule has 19 heavy (non-hydrogen) atoms. The summed E-state index contributed by atoms with van der Waals surface area (Å²) in [6.07, 6.45) is 10.1. The van der Waals surface area contributed by atoms with E-state index in [2.05, 4.69) is 17.6 Å². The number of nitrogens with one attached hydrogen (secondary N) is 2. The van der Waals surface area contributed by atoms with Gasteiger partial charge in [0.2, 0.25) is 0 Å². The minimum absolute atomic E-state index is 0.506. The average molecular weight is 266 g/mol. The van der Waals surface area contributed by atoms with Gasteiger partial charge in [-0.05, 0) is 43.9 Å². The fourth-order valence-electron chi connectivity index (χ4n) is 4.41. The van der Waals surface area contributed by atoms with Gasteiger partial charge in [0.15, 0.2) is 0 Å². The highest BCUT2D eigenvalue weighted by Gasteiger charge is 2.35. The summed E-state index contributed by atoms with van der Waals surface area (Å²) in [5.74, 6) is 1.72. The van der Waals surface area contributed by atoms with Crippen LogP contribution in [0.5, 0.6) is 0 Å². The van der Waals surface area contributed by atoms with Crippen LogP contribution in [0.2, 0.25) is 0 Å². The van der Waals surface area contributed by atoms with Gasteiger partial charge in [0, 0.05) is 31.8 Å². The Kier molecular flexibility index (Phi) is 4.78. The summed E-state index contributed by atoms with van der Waals surface area (Å²) in [5.41, 5.74) is 0. The zero-order chi connectivity index (χ0) is 13.1. The average Bonchev–Trinajstić information content (AvgIpc) is 3.04. The van der Waals surface area contributed by atoms with Gasteiger partial charge >= 0.3 is 0 Å². The van der Waals surface area contributed by atoms with Crippen molar-refractivity contribution >= 4 is 0 Å². The summed E-state index contributed by atoms with van der Waals surface area (Å²) in [5, 5.41) is 7.55. The van der Waals surface area contributed by atoms with Crippen molar-refractivity contribution in [2.24, 2.45) is 11.8 Å². The number of hydrogen-bond donors (Lipinski definition) is 2. The zero-order valence-electron chi connectivity index (χ0n) is 12.4. The lowest BCUT2D eigenvalue weighted by atomic mass is 9.85. The normalized spacial score (nSPS) is 42.5. The molecule has 1 saturated carbocycles. The van der Waals surface area contributed by atoms with Crippen molar-refractivity contribution in [3.05, 3.63) is 0 Å². The molecule has 1 aliphatic carbocycles. The molecule has 5 unspecified atom stereocenters. The molecular formula is C16H30N2O. The molecule has 0 bridgehead atoms. The third-order valence-electron chi connectivity index (χ3n) is 5.49. The Morgan fingerprint density at radius 3 is 2.89 bits per heavy atom. The van der Waals surface area contributed by atoms with E-state index >= 15 is 0 Å². The highest BCUT2D eigenvalue weighted by Crippen LogP contribution is 2.33. The molecule has 0 aromatic rings. The largest absolute Gasteiger partial charge is 0.378 e. The predicted molar refractivity (Wildman–Crippen MR) is 78.3 cm³/mol. The maximum Gasteiger partial charge on any atom is 0.0613 e. The standard InChI is InChI=1S/C16H30N2O/c1-2-16-13(7-8-19-16)10-17-11-14-9-12-5-3-4-6-15(12)18-14/h12-18H,2-11H2,1H3. The van der Waals surface area contributed by atoms with Crippen LogP contribution in [0, 0.1) is 11.8 Å². The first kappa shape index (κ1) is 13.8. The first-order valence-corrected chi connectivity index (χ1v) is 8.45. The number of hydrogen-bond acceptors (Lipinski definition) is 3. The Morgan fingerprint density at radius 1 is 1.16 bits per heavy atom. The maximum absolute atomic E-state index is 5.76. The molecule has 0 aromatic heterocycles. The SMILES string of the molecule is CCC1OCCC1CNCC1CC2CCCCC2N1. The van der Waals surface area contributed by atoms with Crippen molar-refractivity contribution in [3.8, 4) is 0 Å². The topological polar surface area (TPSA) is 33.3 Å². The second-order valence-electron chi connectivity index (χ2n) is 6.77. The second kappa shape index (κ2) is 6.55. The van der Waals surface area contributed by atoms with Gasteiger partial charge in [0.1, 0.15) is 0 Å². The highest BCUT2D eigenvalue weighted by molar-refractivity contribution is 4.93. The zero-order valence-corrected chi connectivity index (χ0v) is 12.4. The smallest absolute Gasteiger partial charge is 0.0613 e. The van der Waals surface area contributed by atoms with Crippen LogP contribution in [0.15, 0.2) is 0 Å². The van der Waals surface area contributed by atoms with Crippen molar-refractivity contribution in [3.63, 3.8) is 0 Å². The summed E-state index contributed by atoms with van der Waals surface area (Å²) in [7, 11) is 0. The van der Waals surface area contributed by atoms with E-state index in [4.69, 9.17) is 4.74 Å². The van der Waals surface area contributed by atoms with Crippen LogP contribution in [0.3, 0.4) is 0 Å². The molecule has 0 radical (unpaired) electrons. The lowest BCUT2D eigenvalue weighted by molar-refractivity contribution is 0.0872. The lowest BCUT2D eigenvalue weighted by Gasteiger charge is -2.24. The van der Waals surface area contributed by atoms with E-state index in [-0.39, 0.29) is 0 Å². The Hall–Kier alpha value is -0.120. The van der Waals surface area contributed by atoms with E-state index in [1.165, 1.54) is 38.5 Å². The van der Waals surface area contributed by atoms with Crippen LogP contribution in [0.4, 0.5) is 0 Å². The van der Waals surface area contributed by atoms with Gasteiger partial charge in [-0.25, -0.2) is 0 Å². The van der Waals surface area contributed by atoms with Crippen molar-refractivity contribution in [1.29, 1.82) is 0 Å². The highest BCUT2D eigenvalue weighted by atomic mass is 16.5. The summed E-state index contributed by atoms with van der Waals surface area (Å²) >= 11 is 0. The van der Waals surface area contributed by atoms with Gasteiger partial charge in [-0.3, -0.25) is 0 Å². The fourth-order valence-corrected chi connectivity index (χ4v) is 4.41. The summed E-state index contributed by atoms with van der Waals surface area (Å²) < 4.78 is 5.76. The molecule has 3 nitrogen and oxygen atoms in total. The molecule has 3 rings (SSSR count). The molecule has 3 fully saturated rings. The number of rotatable bonds is 5. The Balaban J connectivity index is 1.36. The van der Waals surface area contributed by atoms with E-state index in [1.807, 2.05) is 0 Å². The van der Waals surface area contributed by atoms with Gasteiger partial charge < -0.3 is 15.4 Å². The molecular weight excluding hydrogens is 236 g/mol. The van der Waals surface area contributed by atoms with E-state index in [1.54, 1.807) is 0 Å². The van der Waals surface area contributed by atoms with Gasteiger partial charge in [-0.15, -0.1) is 0 Å². The molecule has 2 saturated heterocycles. The molecule has 110 valence electrons. The van der Waals surface area contributed by atoms with Gasteiger partial charge in [-0.1, -0.05) is 19.8 Å². The molecule has 0 spiro atoms. The first-order chi connectivity index (χ1) is 9.36. The van der Waals surface area contributed by atoms with Crippen LogP contribution in [-0.4, -0.2) is 37.9 Å². The van der Waals surface area contributed by atoms with Gasteiger partial charge in [0.25, 0.3) is 0 Å². The molecule has 0 amide bonds. The predicted octanol–water partition coefficient (Wildman–Crippen LogP) is 2.31. The van der Waals surface area contributed by atoms with Gasteiger partial charge in [0.05, 0.1) is 6.10 Å². The molecule has 2 N–H and O–H groups in total.